The summed E-state index contributed by atoms with van der Waals surface area (Å²) in [6, 6.07) is 11.5. The van der Waals surface area contributed by atoms with E-state index in [1.807, 2.05) is 19.1 Å². The second kappa shape index (κ2) is 8.01. The van der Waals surface area contributed by atoms with Crippen molar-refractivity contribution < 1.29 is 9.18 Å². The quantitative estimate of drug-likeness (QED) is 0.524. The molecule has 0 saturated carbocycles. The molecule has 0 unspecified atom stereocenters. The largest absolute Gasteiger partial charge is 0.361 e. The molecule has 0 aliphatic heterocycles. The first kappa shape index (κ1) is 18.5. The number of rotatable bonds is 6. The number of carbonyl (C=O) groups is 1. The highest BCUT2D eigenvalue weighted by Gasteiger charge is 2.12. The van der Waals surface area contributed by atoms with Crippen LogP contribution >= 0.6 is 0 Å². The Morgan fingerprint density at radius 3 is 2.76 bits per heavy atom. The Morgan fingerprint density at radius 2 is 2.00 bits per heavy atom. The summed E-state index contributed by atoms with van der Waals surface area (Å²) in [5.74, 6) is 1.02. The number of hydrogen-bond acceptors (Lipinski definition) is 6. The Labute approximate surface area is 165 Å². The van der Waals surface area contributed by atoms with Crippen LogP contribution in [-0.4, -0.2) is 37.0 Å². The molecule has 0 atom stereocenters. The van der Waals surface area contributed by atoms with Gasteiger partial charge < -0.3 is 10.6 Å². The van der Waals surface area contributed by atoms with Gasteiger partial charge in [0.2, 0.25) is 5.91 Å². The number of halogens is 1. The van der Waals surface area contributed by atoms with Crippen molar-refractivity contribution in [3.8, 4) is 11.4 Å². The van der Waals surface area contributed by atoms with Crippen molar-refractivity contribution in [3.63, 3.8) is 0 Å². The lowest BCUT2D eigenvalue weighted by Gasteiger charge is -2.09. The smallest absolute Gasteiger partial charge is 0.254 e. The molecule has 1 amide bonds. The molecule has 0 saturated heterocycles. The van der Waals surface area contributed by atoms with Gasteiger partial charge in [-0.1, -0.05) is 12.1 Å². The molecule has 0 radical (unpaired) electrons. The predicted octanol–water partition coefficient (Wildman–Crippen LogP) is 2.36. The number of nitrogens with zero attached hydrogens (tertiary/aromatic N) is 5. The van der Waals surface area contributed by atoms with Gasteiger partial charge in [0.1, 0.15) is 11.6 Å². The lowest BCUT2D eigenvalue weighted by Crippen LogP contribution is -2.30. The van der Waals surface area contributed by atoms with Gasteiger partial charge in [-0.25, -0.2) is 9.37 Å². The SMILES string of the molecule is Cc1cc(NCC(=O)NCc2ccc(F)cc2)n2nc(-c3cccnc3)nc2n1. The van der Waals surface area contributed by atoms with Gasteiger partial charge in [0.05, 0.1) is 6.54 Å². The van der Waals surface area contributed by atoms with E-state index >= 15 is 0 Å². The highest BCUT2D eigenvalue weighted by molar-refractivity contribution is 5.80. The molecule has 4 rings (SSSR count). The molecule has 4 aromatic rings. The second-order valence-corrected chi connectivity index (χ2v) is 6.43. The van der Waals surface area contributed by atoms with E-state index in [-0.39, 0.29) is 18.3 Å². The standard InChI is InChI=1S/C20H18FN7O/c1-13-9-17(23-12-18(29)24-10-14-4-6-16(21)7-5-14)28-20(25-13)26-19(27-28)15-3-2-8-22-11-15/h2-9,11,23H,10,12H2,1H3,(H,24,29). The Kier molecular flexibility index (Phi) is 5.10. The summed E-state index contributed by atoms with van der Waals surface area (Å²) in [6.45, 7) is 2.21. The van der Waals surface area contributed by atoms with E-state index in [4.69, 9.17) is 0 Å². The van der Waals surface area contributed by atoms with Crippen LogP contribution in [0.3, 0.4) is 0 Å². The van der Waals surface area contributed by atoms with Crippen LogP contribution in [0.4, 0.5) is 10.2 Å². The summed E-state index contributed by atoms with van der Waals surface area (Å²) in [5, 5.41) is 10.3. The van der Waals surface area contributed by atoms with Crippen LogP contribution < -0.4 is 10.6 Å². The maximum absolute atomic E-state index is 12.9. The molecule has 8 nitrogen and oxygen atoms in total. The van der Waals surface area contributed by atoms with Crippen molar-refractivity contribution in [3.05, 3.63) is 71.9 Å². The van der Waals surface area contributed by atoms with Crippen LogP contribution in [0.2, 0.25) is 0 Å². The van der Waals surface area contributed by atoms with Crippen LogP contribution in [0.1, 0.15) is 11.3 Å². The van der Waals surface area contributed by atoms with E-state index in [1.165, 1.54) is 12.1 Å². The number of nitrogens with one attached hydrogen (secondary N) is 2. The van der Waals surface area contributed by atoms with Gasteiger partial charge in [0.15, 0.2) is 5.82 Å². The molecule has 9 heteroatoms. The third kappa shape index (κ3) is 4.34. The number of benzene rings is 1. The average molecular weight is 391 g/mol. The summed E-state index contributed by atoms with van der Waals surface area (Å²) >= 11 is 0. The van der Waals surface area contributed by atoms with Crippen molar-refractivity contribution >= 4 is 17.5 Å². The van der Waals surface area contributed by atoms with Gasteiger partial charge in [-0.3, -0.25) is 9.78 Å². The predicted molar refractivity (Wildman–Crippen MR) is 105 cm³/mol. The Hall–Kier alpha value is -3.88. The van der Waals surface area contributed by atoms with Crippen LogP contribution in [0, 0.1) is 12.7 Å². The van der Waals surface area contributed by atoms with Gasteiger partial charge in [0, 0.05) is 36.3 Å². The van der Waals surface area contributed by atoms with E-state index in [9.17, 15) is 9.18 Å². The number of aromatic nitrogens is 5. The summed E-state index contributed by atoms with van der Waals surface area (Å²) < 4.78 is 14.5. The van der Waals surface area contributed by atoms with E-state index in [1.54, 1.807) is 35.1 Å². The molecule has 0 fully saturated rings. The first-order valence-corrected chi connectivity index (χ1v) is 8.98. The molecule has 0 spiro atoms. The van der Waals surface area contributed by atoms with E-state index in [0.29, 0.717) is 24.0 Å². The Balaban J connectivity index is 1.46. The fraction of sp³-hybridized carbons (Fsp3) is 0.150. The third-order valence-electron chi connectivity index (χ3n) is 4.19. The number of hydrogen-bond donors (Lipinski definition) is 2. The molecule has 0 aliphatic carbocycles. The minimum absolute atomic E-state index is 0.0435. The minimum Gasteiger partial charge on any atom is -0.361 e. The van der Waals surface area contributed by atoms with Gasteiger partial charge in [0.25, 0.3) is 5.78 Å². The fourth-order valence-corrected chi connectivity index (χ4v) is 2.77. The van der Waals surface area contributed by atoms with E-state index in [2.05, 4.69) is 30.7 Å². The lowest BCUT2D eigenvalue weighted by atomic mass is 10.2. The van der Waals surface area contributed by atoms with E-state index in [0.717, 1.165) is 16.8 Å². The first-order valence-electron chi connectivity index (χ1n) is 8.98. The second-order valence-electron chi connectivity index (χ2n) is 6.43. The van der Waals surface area contributed by atoms with Crippen LogP contribution in [0.15, 0.2) is 54.9 Å². The zero-order valence-corrected chi connectivity index (χ0v) is 15.6. The van der Waals surface area contributed by atoms with Crippen molar-refractivity contribution in [1.29, 1.82) is 0 Å². The summed E-state index contributed by atoms with van der Waals surface area (Å²) in [5.41, 5.74) is 2.34. The van der Waals surface area contributed by atoms with Gasteiger partial charge >= 0.3 is 0 Å². The number of carbonyl (C=O) groups excluding carboxylic acids is 1. The third-order valence-corrected chi connectivity index (χ3v) is 4.19. The zero-order chi connectivity index (χ0) is 20.2. The molecule has 0 aliphatic rings. The number of amides is 1. The molecule has 3 aromatic heterocycles. The van der Waals surface area contributed by atoms with Crippen molar-refractivity contribution in [2.75, 3.05) is 11.9 Å². The van der Waals surface area contributed by atoms with Crippen molar-refractivity contribution in [2.45, 2.75) is 13.5 Å². The molecule has 146 valence electrons. The number of anilines is 1. The van der Waals surface area contributed by atoms with Gasteiger partial charge in [-0.05, 0) is 36.8 Å². The van der Waals surface area contributed by atoms with Crippen molar-refractivity contribution in [2.24, 2.45) is 0 Å². The summed E-state index contributed by atoms with van der Waals surface area (Å²) in [4.78, 5) is 25.1. The van der Waals surface area contributed by atoms with Crippen LogP contribution in [0.25, 0.3) is 17.2 Å². The Bertz CT molecular complexity index is 1140. The fourth-order valence-electron chi connectivity index (χ4n) is 2.77. The molecular formula is C20H18FN7O. The van der Waals surface area contributed by atoms with Crippen LogP contribution in [0.5, 0.6) is 0 Å². The van der Waals surface area contributed by atoms with Crippen molar-refractivity contribution in [1.82, 2.24) is 29.9 Å². The average Bonchev–Trinajstić information content (AvgIpc) is 3.16. The number of pyridine rings is 1. The molecule has 29 heavy (non-hydrogen) atoms. The minimum atomic E-state index is -0.308. The summed E-state index contributed by atoms with van der Waals surface area (Å²) in [6.07, 6.45) is 3.36. The lowest BCUT2D eigenvalue weighted by molar-refractivity contribution is -0.119. The highest BCUT2D eigenvalue weighted by Crippen LogP contribution is 2.17. The van der Waals surface area contributed by atoms with Gasteiger partial charge in [-0.15, -0.1) is 5.10 Å². The molecule has 0 bridgehead atoms. The van der Waals surface area contributed by atoms with E-state index < -0.39 is 0 Å². The molecule has 3 heterocycles. The number of aryl methyl sites for hydroxylation is 1. The normalized spacial score (nSPS) is 10.8. The maximum Gasteiger partial charge on any atom is 0.254 e. The monoisotopic (exact) mass is 391 g/mol. The summed E-state index contributed by atoms with van der Waals surface area (Å²) in [7, 11) is 0. The zero-order valence-electron chi connectivity index (χ0n) is 15.6. The van der Waals surface area contributed by atoms with Crippen LogP contribution in [-0.2, 0) is 11.3 Å². The molecular weight excluding hydrogens is 373 g/mol. The molecule has 2 N–H and O–H groups in total. The topological polar surface area (TPSA) is 97.1 Å². The highest BCUT2D eigenvalue weighted by atomic mass is 19.1. The maximum atomic E-state index is 12.9. The Morgan fingerprint density at radius 1 is 1.17 bits per heavy atom. The first-order chi connectivity index (χ1) is 14.1. The number of fused-ring (bicyclic) bond motifs is 1. The van der Waals surface area contributed by atoms with Gasteiger partial charge in [-0.2, -0.15) is 9.50 Å². The molecule has 1 aromatic carbocycles.